The molecule has 1 atom stereocenters. The number of benzene rings is 2. The third-order valence-electron chi connectivity index (χ3n) is 5.56. The van der Waals surface area contributed by atoms with Gasteiger partial charge in [-0.25, -0.2) is 9.69 Å². The number of anilines is 2. The highest BCUT2D eigenvalue weighted by molar-refractivity contribution is 5.95. The molecule has 4 rings (SSSR count). The quantitative estimate of drug-likeness (QED) is 0.503. The first-order valence-electron chi connectivity index (χ1n) is 10.1. The monoisotopic (exact) mass is 390 g/mol. The zero-order chi connectivity index (χ0) is 20.2. The number of furan rings is 1. The van der Waals surface area contributed by atoms with Crippen LogP contribution in [0.15, 0.2) is 71.3 Å². The molecule has 150 valence electrons. The van der Waals surface area contributed by atoms with Crippen LogP contribution in [-0.2, 0) is 6.54 Å². The van der Waals surface area contributed by atoms with Crippen LogP contribution in [0.5, 0.6) is 0 Å². The number of para-hydroxylation sites is 1. The molecule has 3 aromatic rings. The van der Waals surface area contributed by atoms with Crippen molar-refractivity contribution in [2.24, 2.45) is 11.8 Å². The van der Waals surface area contributed by atoms with Crippen LogP contribution in [0.4, 0.5) is 16.2 Å². The highest BCUT2D eigenvalue weighted by Crippen LogP contribution is 2.36. The van der Waals surface area contributed by atoms with Gasteiger partial charge in [-0.1, -0.05) is 25.1 Å². The highest BCUT2D eigenvalue weighted by atomic mass is 16.4. The van der Waals surface area contributed by atoms with E-state index in [1.54, 1.807) is 6.26 Å². The van der Waals surface area contributed by atoms with Crippen LogP contribution >= 0.6 is 0 Å². The summed E-state index contributed by atoms with van der Waals surface area (Å²) in [6.07, 6.45) is 3.29. The van der Waals surface area contributed by atoms with E-state index in [-0.39, 0.29) is 0 Å². The molecule has 1 unspecified atom stereocenters. The molecule has 2 N–H and O–H groups in total. The summed E-state index contributed by atoms with van der Waals surface area (Å²) in [6, 6.07) is 18.8. The van der Waals surface area contributed by atoms with Crippen molar-refractivity contribution in [1.82, 2.24) is 5.32 Å². The molecule has 1 amide bonds. The molecular weight excluding hydrogens is 364 g/mol. The molecule has 0 saturated heterocycles. The number of hydrogen-bond acceptors (Lipinski definition) is 3. The van der Waals surface area contributed by atoms with E-state index in [4.69, 9.17) is 4.42 Å². The fraction of sp³-hybridized carbons (Fsp3) is 0.292. The maximum absolute atomic E-state index is 12.1. The van der Waals surface area contributed by atoms with E-state index >= 15 is 0 Å². The van der Waals surface area contributed by atoms with Crippen molar-refractivity contribution in [3.8, 4) is 11.3 Å². The van der Waals surface area contributed by atoms with Crippen LogP contribution in [0.25, 0.3) is 11.3 Å². The van der Waals surface area contributed by atoms with Gasteiger partial charge in [0.25, 0.3) is 0 Å². The predicted octanol–water partition coefficient (Wildman–Crippen LogP) is 5.90. The number of nitrogens with one attached hydrogen (secondary N) is 1. The van der Waals surface area contributed by atoms with Gasteiger partial charge in [-0.05, 0) is 79.3 Å². The Bertz CT molecular complexity index is 947. The zero-order valence-corrected chi connectivity index (χ0v) is 16.5. The van der Waals surface area contributed by atoms with Gasteiger partial charge in [0, 0.05) is 12.1 Å². The van der Waals surface area contributed by atoms with Crippen LogP contribution < -0.4 is 10.2 Å². The van der Waals surface area contributed by atoms with Crippen LogP contribution in [0.3, 0.4) is 0 Å². The minimum absolute atomic E-state index is 0.603. The molecular formula is C24H26N2O3. The average Bonchev–Trinajstić information content (AvgIpc) is 3.44. The number of carboxylic acid groups (broad SMARTS) is 1. The van der Waals surface area contributed by atoms with E-state index in [1.165, 1.54) is 17.7 Å². The van der Waals surface area contributed by atoms with Gasteiger partial charge in [0.1, 0.15) is 5.76 Å². The van der Waals surface area contributed by atoms with Crippen molar-refractivity contribution in [1.29, 1.82) is 0 Å². The molecule has 1 aliphatic rings. The Kier molecular flexibility index (Phi) is 5.67. The third-order valence-corrected chi connectivity index (χ3v) is 5.56. The molecule has 0 spiro atoms. The summed E-state index contributed by atoms with van der Waals surface area (Å²) in [6.45, 7) is 3.87. The molecule has 1 fully saturated rings. The normalized spacial score (nSPS) is 14.5. The van der Waals surface area contributed by atoms with Crippen molar-refractivity contribution in [3.63, 3.8) is 0 Å². The maximum atomic E-state index is 12.1. The third kappa shape index (κ3) is 4.51. The molecule has 29 heavy (non-hydrogen) atoms. The second-order valence-corrected chi connectivity index (χ2v) is 7.72. The largest absolute Gasteiger partial charge is 0.464 e. The standard InChI is InChI=1S/C24H26N2O3/c1-17(18-8-9-18)15-25-16-20-5-2-3-6-22(20)26(24(27)28)21-12-10-19(11-13-21)23-7-4-14-29-23/h2-7,10-14,17-18,25H,8-9,15-16H2,1H3,(H,27,28). The molecule has 1 saturated carbocycles. The molecule has 5 heteroatoms. The predicted molar refractivity (Wildman–Crippen MR) is 114 cm³/mol. The average molecular weight is 390 g/mol. The van der Waals surface area contributed by atoms with Gasteiger partial charge in [0.2, 0.25) is 0 Å². The van der Waals surface area contributed by atoms with Gasteiger partial charge in [-0.2, -0.15) is 0 Å². The van der Waals surface area contributed by atoms with E-state index < -0.39 is 6.09 Å². The first-order chi connectivity index (χ1) is 14.1. The fourth-order valence-electron chi connectivity index (χ4n) is 3.72. The number of carbonyl (C=O) groups is 1. The first kappa shape index (κ1) is 19.3. The molecule has 0 bridgehead atoms. The Hall–Kier alpha value is -3.05. The molecule has 2 aromatic carbocycles. The van der Waals surface area contributed by atoms with Gasteiger partial charge in [-0.3, -0.25) is 0 Å². The van der Waals surface area contributed by atoms with E-state index in [0.29, 0.717) is 23.8 Å². The van der Waals surface area contributed by atoms with E-state index in [0.717, 1.165) is 29.3 Å². The molecule has 1 aliphatic carbocycles. The van der Waals surface area contributed by atoms with E-state index in [1.807, 2.05) is 60.7 Å². The SMILES string of the molecule is CC(CNCc1ccccc1N(C(=O)O)c1ccc(-c2ccco2)cc1)C1CC1. The molecule has 0 radical (unpaired) electrons. The van der Waals surface area contributed by atoms with Crippen molar-refractivity contribution >= 4 is 17.5 Å². The molecule has 5 nitrogen and oxygen atoms in total. The lowest BCUT2D eigenvalue weighted by molar-refractivity contribution is 0.204. The van der Waals surface area contributed by atoms with Crippen LogP contribution in [0.1, 0.15) is 25.3 Å². The summed E-state index contributed by atoms with van der Waals surface area (Å²) >= 11 is 0. The summed E-state index contributed by atoms with van der Waals surface area (Å²) in [5.41, 5.74) is 3.16. The summed E-state index contributed by atoms with van der Waals surface area (Å²) in [7, 11) is 0. The van der Waals surface area contributed by atoms with Crippen LogP contribution in [-0.4, -0.2) is 17.7 Å². The molecule has 0 aliphatic heterocycles. The lowest BCUT2D eigenvalue weighted by Crippen LogP contribution is -2.27. The lowest BCUT2D eigenvalue weighted by atomic mass is 10.1. The Morgan fingerprint density at radius 2 is 1.90 bits per heavy atom. The van der Waals surface area contributed by atoms with Crippen molar-refractivity contribution in [3.05, 3.63) is 72.5 Å². The minimum atomic E-state index is -1.01. The van der Waals surface area contributed by atoms with Crippen molar-refractivity contribution in [2.45, 2.75) is 26.3 Å². The Labute approximate surface area is 171 Å². The van der Waals surface area contributed by atoms with Gasteiger partial charge in [0.15, 0.2) is 0 Å². The zero-order valence-electron chi connectivity index (χ0n) is 16.5. The Morgan fingerprint density at radius 3 is 2.55 bits per heavy atom. The number of nitrogens with zero attached hydrogens (tertiary/aromatic N) is 1. The maximum Gasteiger partial charge on any atom is 0.416 e. The van der Waals surface area contributed by atoms with E-state index in [2.05, 4.69) is 12.2 Å². The van der Waals surface area contributed by atoms with Crippen LogP contribution in [0, 0.1) is 11.8 Å². The lowest BCUT2D eigenvalue weighted by Gasteiger charge is -2.23. The summed E-state index contributed by atoms with van der Waals surface area (Å²) in [5, 5.41) is 13.4. The topological polar surface area (TPSA) is 65.7 Å². The van der Waals surface area contributed by atoms with Crippen molar-refractivity contribution in [2.75, 3.05) is 11.4 Å². The van der Waals surface area contributed by atoms with Crippen LogP contribution in [0.2, 0.25) is 0 Å². The smallest absolute Gasteiger partial charge is 0.416 e. The van der Waals surface area contributed by atoms with Gasteiger partial charge < -0.3 is 14.8 Å². The molecule has 1 aromatic heterocycles. The number of amides is 1. The minimum Gasteiger partial charge on any atom is -0.464 e. The summed E-state index contributed by atoms with van der Waals surface area (Å²) < 4.78 is 5.42. The second kappa shape index (κ2) is 8.53. The highest BCUT2D eigenvalue weighted by Gasteiger charge is 2.27. The Balaban J connectivity index is 1.54. The number of rotatable bonds is 8. The Morgan fingerprint density at radius 1 is 1.14 bits per heavy atom. The van der Waals surface area contributed by atoms with Gasteiger partial charge >= 0.3 is 6.09 Å². The first-order valence-corrected chi connectivity index (χ1v) is 10.1. The fourth-order valence-corrected chi connectivity index (χ4v) is 3.72. The summed E-state index contributed by atoms with van der Waals surface area (Å²) in [5.74, 6) is 2.26. The van der Waals surface area contributed by atoms with Gasteiger partial charge in [0.05, 0.1) is 17.6 Å². The van der Waals surface area contributed by atoms with Gasteiger partial charge in [-0.15, -0.1) is 0 Å². The van der Waals surface area contributed by atoms with E-state index in [9.17, 15) is 9.90 Å². The second-order valence-electron chi connectivity index (χ2n) is 7.72. The summed E-state index contributed by atoms with van der Waals surface area (Å²) in [4.78, 5) is 13.5. The number of hydrogen-bond donors (Lipinski definition) is 2. The molecule has 1 heterocycles. The van der Waals surface area contributed by atoms with Crippen molar-refractivity contribution < 1.29 is 14.3 Å².